The van der Waals surface area contributed by atoms with Gasteiger partial charge in [0, 0.05) is 55.4 Å². The second-order valence-electron chi connectivity index (χ2n) is 8.91. The topological polar surface area (TPSA) is 121 Å². The largest absolute Gasteiger partial charge is 0.474 e. The van der Waals surface area contributed by atoms with Crippen molar-refractivity contribution >= 4 is 34.1 Å². The Morgan fingerprint density at radius 3 is 2.85 bits per heavy atom. The Bertz CT molecular complexity index is 1290. The molecule has 3 heterocycles. The third kappa shape index (κ3) is 3.83. The van der Waals surface area contributed by atoms with Crippen LogP contribution in [0.1, 0.15) is 25.3 Å². The van der Waals surface area contributed by atoms with Crippen LogP contribution < -0.4 is 21.1 Å². The summed E-state index contributed by atoms with van der Waals surface area (Å²) in [5.74, 6) is 0.217. The van der Waals surface area contributed by atoms with Crippen molar-refractivity contribution in [2.24, 2.45) is 0 Å². The number of nitrogens with two attached hydrogens (primary N) is 1. The number of anilines is 3. The van der Waals surface area contributed by atoms with Crippen molar-refractivity contribution in [3.05, 3.63) is 35.9 Å². The van der Waals surface area contributed by atoms with Crippen molar-refractivity contribution in [2.45, 2.75) is 38.4 Å². The summed E-state index contributed by atoms with van der Waals surface area (Å²) in [7, 11) is 1.64. The van der Waals surface area contributed by atoms with Gasteiger partial charge in [-0.3, -0.25) is 5.32 Å². The third-order valence-corrected chi connectivity index (χ3v) is 6.55. The average Bonchev–Trinajstić information content (AvgIpc) is 2.81. The smallest absolute Gasteiger partial charge is 0.413 e. The predicted molar refractivity (Wildman–Crippen MR) is 127 cm³/mol. The van der Waals surface area contributed by atoms with Crippen LogP contribution in [0.2, 0.25) is 0 Å². The van der Waals surface area contributed by atoms with Crippen molar-refractivity contribution in [3.8, 4) is 17.0 Å². The lowest BCUT2D eigenvalue weighted by atomic mass is 9.79. The number of methoxy groups -OCH3 is 1. The molecule has 1 aliphatic carbocycles. The predicted octanol–water partition coefficient (Wildman–Crippen LogP) is 4.25. The van der Waals surface area contributed by atoms with Crippen molar-refractivity contribution < 1.29 is 23.4 Å². The zero-order valence-corrected chi connectivity index (χ0v) is 19.2. The molecule has 0 atom stereocenters. The summed E-state index contributed by atoms with van der Waals surface area (Å²) in [4.78, 5) is 20.9. The van der Waals surface area contributed by atoms with Crippen molar-refractivity contribution in [3.63, 3.8) is 0 Å². The van der Waals surface area contributed by atoms with E-state index in [4.69, 9.17) is 19.9 Å². The summed E-state index contributed by atoms with van der Waals surface area (Å²) in [5, 5.41) is 6.96. The second kappa shape index (κ2) is 8.28. The van der Waals surface area contributed by atoms with E-state index in [2.05, 4.69) is 20.6 Å². The number of hydrogen-bond donors (Lipinski definition) is 3. The molecule has 178 valence electrons. The van der Waals surface area contributed by atoms with Crippen LogP contribution in [-0.4, -0.2) is 48.0 Å². The fraction of sp³-hybridized carbons (Fsp3) is 0.375. The quantitative estimate of drug-likeness (QED) is 0.487. The van der Waals surface area contributed by atoms with Crippen LogP contribution in [0.15, 0.2) is 24.5 Å². The Kier molecular flexibility index (Phi) is 5.40. The van der Waals surface area contributed by atoms with E-state index in [0.29, 0.717) is 53.8 Å². The molecule has 2 aromatic heterocycles. The van der Waals surface area contributed by atoms with E-state index in [1.807, 2.05) is 13.8 Å². The number of halogens is 1. The molecular formula is C24H26FN5O4. The maximum absolute atomic E-state index is 15.3. The molecule has 10 heteroatoms. The van der Waals surface area contributed by atoms with Crippen LogP contribution in [0, 0.1) is 12.7 Å². The summed E-state index contributed by atoms with van der Waals surface area (Å²) in [6.45, 7) is 5.01. The lowest BCUT2D eigenvalue weighted by Crippen LogP contribution is -2.48. The van der Waals surface area contributed by atoms with Crippen molar-refractivity contribution in [1.29, 1.82) is 0 Å². The van der Waals surface area contributed by atoms with Gasteiger partial charge in [0.1, 0.15) is 24.2 Å². The number of carbonyl (C=O) groups is 1. The Morgan fingerprint density at radius 2 is 2.09 bits per heavy atom. The minimum atomic E-state index is -0.605. The number of amides is 1. The number of pyridine rings is 2. The first-order valence-corrected chi connectivity index (χ1v) is 11.0. The molecular weight excluding hydrogens is 441 g/mol. The number of ether oxygens (including phenoxy) is 3. The molecule has 0 saturated heterocycles. The first-order chi connectivity index (χ1) is 16.3. The van der Waals surface area contributed by atoms with Gasteiger partial charge in [0.25, 0.3) is 0 Å². The highest BCUT2D eigenvalue weighted by Gasteiger charge is 2.43. The normalized spacial score (nSPS) is 21.1. The summed E-state index contributed by atoms with van der Waals surface area (Å²) in [5.41, 5.74) is 8.29. The highest BCUT2D eigenvalue weighted by molar-refractivity contribution is 5.99. The molecule has 5 rings (SSSR count). The molecule has 0 unspecified atom stereocenters. The Morgan fingerprint density at radius 1 is 1.29 bits per heavy atom. The number of hydrogen-bond acceptors (Lipinski definition) is 8. The molecule has 34 heavy (non-hydrogen) atoms. The summed E-state index contributed by atoms with van der Waals surface area (Å²) in [6, 6.07) is 3.31. The molecule has 1 fully saturated rings. The van der Waals surface area contributed by atoms with Gasteiger partial charge in [-0.1, -0.05) is 0 Å². The molecule has 1 aromatic carbocycles. The van der Waals surface area contributed by atoms with E-state index >= 15 is 4.39 Å². The van der Waals surface area contributed by atoms with Gasteiger partial charge in [-0.2, -0.15) is 0 Å². The Labute approximate surface area is 195 Å². The lowest BCUT2D eigenvalue weighted by Gasteiger charge is -2.42. The average molecular weight is 468 g/mol. The Balaban J connectivity index is 1.43. The number of nitrogens with zero attached hydrogens (tertiary/aromatic N) is 2. The lowest BCUT2D eigenvalue weighted by molar-refractivity contribution is -0.124. The van der Waals surface area contributed by atoms with Gasteiger partial charge < -0.3 is 25.3 Å². The number of benzene rings is 1. The van der Waals surface area contributed by atoms with Crippen molar-refractivity contribution in [1.82, 2.24) is 9.97 Å². The molecule has 4 N–H and O–H groups in total. The van der Waals surface area contributed by atoms with Crippen LogP contribution in [0.5, 0.6) is 5.88 Å². The molecule has 1 aliphatic heterocycles. The van der Waals surface area contributed by atoms with E-state index in [-0.39, 0.29) is 23.2 Å². The van der Waals surface area contributed by atoms with Gasteiger partial charge in [0.2, 0.25) is 5.88 Å². The SMILES string of the molecule is COC1(C)CC(OC(=O)Nc2cc3cc(-c4cnc5c(c4C)NCCO5)c(F)c(N)c3cn2)C1. The monoisotopic (exact) mass is 467 g/mol. The highest BCUT2D eigenvalue weighted by Crippen LogP contribution is 2.40. The zero-order valence-electron chi connectivity index (χ0n) is 19.2. The molecule has 0 spiro atoms. The summed E-state index contributed by atoms with van der Waals surface area (Å²) >= 11 is 0. The maximum Gasteiger partial charge on any atom is 0.413 e. The molecule has 9 nitrogen and oxygen atoms in total. The molecule has 3 aromatic rings. The third-order valence-electron chi connectivity index (χ3n) is 6.55. The fourth-order valence-corrected chi connectivity index (χ4v) is 4.49. The van der Waals surface area contributed by atoms with Crippen LogP contribution in [0.3, 0.4) is 0 Å². The number of nitrogens with one attached hydrogen (secondary N) is 2. The molecule has 1 saturated carbocycles. The van der Waals surface area contributed by atoms with Crippen LogP contribution in [0.4, 0.5) is 26.4 Å². The Hall–Kier alpha value is -3.66. The molecule has 1 amide bonds. The first kappa shape index (κ1) is 22.1. The fourth-order valence-electron chi connectivity index (χ4n) is 4.49. The number of carbonyl (C=O) groups excluding carboxylic acids is 1. The van der Waals surface area contributed by atoms with Crippen LogP contribution >= 0.6 is 0 Å². The van der Waals surface area contributed by atoms with Crippen LogP contribution in [-0.2, 0) is 9.47 Å². The van der Waals surface area contributed by atoms with Gasteiger partial charge in [-0.15, -0.1) is 0 Å². The van der Waals surface area contributed by atoms with E-state index < -0.39 is 11.9 Å². The second-order valence-corrected chi connectivity index (χ2v) is 8.91. The van der Waals surface area contributed by atoms with Gasteiger partial charge in [-0.05, 0) is 36.9 Å². The van der Waals surface area contributed by atoms with Crippen molar-refractivity contribution in [2.75, 3.05) is 36.6 Å². The number of rotatable bonds is 4. The van der Waals surface area contributed by atoms with Crippen LogP contribution in [0.25, 0.3) is 21.9 Å². The molecule has 0 bridgehead atoms. The minimum absolute atomic E-state index is 0.0243. The first-order valence-electron chi connectivity index (χ1n) is 11.0. The standard InChI is InChI=1S/C24H26FN5O4/c1-12-16(10-29-22-21(12)27-4-5-33-22)15-6-13-7-18(28-11-17(13)20(26)19(15)25)30-23(31)34-14-8-24(2,9-14)32-3/h6-7,10-11,14,27H,4-5,8-9,26H2,1-3H3,(H,28,30,31). The van der Waals surface area contributed by atoms with E-state index in [9.17, 15) is 4.79 Å². The maximum atomic E-state index is 15.3. The van der Waals surface area contributed by atoms with Gasteiger partial charge in [0.15, 0.2) is 5.82 Å². The van der Waals surface area contributed by atoms with E-state index in [1.165, 1.54) is 6.20 Å². The zero-order chi connectivity index (χ0) is 24.0. The van der Waals surface area contributed by atoms with E-state index in [1.54, 1.807) is 25.4 Å². The van der Waals surface area contributed by atoms with E-state index in [0.717, 1.165) is 11.3 Å². The summed E-state index contributed by atoms with van der Waals surface area (Å²) in [6.07, 6.45) is 3.47. The highest BCUT2D eigenvalue weighted by atomic mass is 19.1. The van der Waals surface area contributed by atoms with Gasteiger partial charge >= 0.3 is 6.09 Å². The number of nitrogen functional groups attached to an aromatic ring is 1. The minimum Gasteiger partial charge on any atom is -0.474 e. The molecule has 2 aliphatic rings. The number of aromatic nitrogens is 2. The van der Waals surface area contributed by atoms with Gasteiger partial charge in [-0.25, -0.2) is 19.2 Å². The molecule has 0 radical (unpaired) electrons. The van der Waals surface area contributed by atoms with Gasteiger partial charge in [0.05, 0.1) is 11.3 Å². The summed E-state index contributed by atoms with van der Waals surface area (Å²) < 4.78 is 31.7. The number of fused-ring (bicyclic) bond motifs is 2.